The predicted molar refractivity (Wildman–Crippen MR) is 70.4 cm³/mol. The van der Waals surface area contributed by atoms with Crippen molar-refractivity contribution in [1.82, 2.24) is 9.78 Å². The molecule has 19 heavy (non-hydrogen) atoms. The number of nitrogens with zero attached hydrogens (tertiary/aromatic N) is 2. The van der Waals surface area contributed by atoms with E-state index in [2.05, 4.69) is 5.10 Å². The summed E-state index contributed by atoms with van der Waals surface area (Å²) in [7, 11) is 1.70. The lowest BCUT2D eigenvalue weighted by Gasteiger charge is -2.10. The van der Waals surface area contributed by atoms with Gasteiger partial charge in [-0.1, -0.05) is 12.1 Å². The van der Waals surface area contributed by atoms with Gasteiger partial charge in [0.25, 0.3) is 0 Å². The fourth-order valence-electron chi connectivity index (χ4n) is 1.82. The molecule has 0 bridgehead atoms. The van der Waals surface area contributed by atoms with Gasteiger partial charge in [-0.25, -0.2) is 4.79 Å². The molecule has 0 amide bonds. The number of rotatable bonds is 4. The second-order valence-electron chi connectivity index (χ2n) is 4.49. The molecule has 5 heteroatoms. The van der Waals surface area contributed by atoms with Gasteiger partial charge >= 0.3 is 5.97 Å². The van der Waals surface area contributed by atoms with Crippen LogP contribution in [-0.2, 0) is 13.7 Å². The summed E-state index contributed by atoms with van der Waals surface area (Å²) >= 11 is 0. The van der Waals surface area contributed by atoms with Crippen molar-refractivity contribution in [2.24, 2.45) is 7.05 Å². The molecule has 0 aliphatic rings. The zero-order chi connectivity index (χ0) is 14.0. The first-order valence-electron chi connectivity index (χ1n) is 5.93. The molecule has 0 fully saturated rings. The third kappa shape index (κ3) is 2.76. The number of hydrogen-bond acceptors (Lipinski definition) is 3. The molecule has 2 aromatic rings. The lowest BCUT2D eigenvalue weighted by molar-refractivity contribution is 0.0693. The van der Waals surface area contributed by atoms with Gasteiger partial charge in [0, 0.05) is 7.05 Å². The van der Waals surface area contributed by atoms with Crippen LogP contribution in [0.4, 0.5) is 0 Å². The molecular formula is C14H16N2O3. The third-order valence-corrected chi connectivity index (χ3v) is 3.00. The summed E-state index contributed by atoms with van der Waals surface area (Å²) in [5.41, 5.74) is 2.84. The zero-order valence-electron chi connectivity index (χ0n) is 11.2. The molecule has 0 saturated carbocycles. The highest BCUT2D eigenvalue weighted by molar-refractivity contribution is 5.88. The molecule has 0 spiro atoms. The van der Waals surface area contributed by atoms with Crippen LogP contribution in [0.2, 0.25) is 0 Å². The Hall–Kier alpha value is -2.30. The highest BCUT2D eigenvalue weighted by atomic mass is 16.5. The third-order valence-electron chi connectivity index (χ3n) is 3.00. The highest BCUT2D eigenvalue weighted by Gasteiger charge is 2.15. The van der Waals surface area contributed by atoms with Crippen molar-refractivity contribution in [3.63, 3.8) is 0 Å². The molecule has 0 saturated heterocycles. The minimum absolute atomic E-state index is 0.174. The lowest BCUT2D eigenvalue weighted by atomic mass is 10.1. The first kappa shape index (κ1) is 13.1. The van der Waals surface area contributed by atoms with Crippen molar-refractivity contribution >= 4 is 5.97 Å². The second kappa shape index (κ2) is 5.14. The minimum atomic E-state index is -0.993. The van der Waals surface area contributed by atoms with Crippen LogP contribution in [0.1, 0.15) is 27.2 Å². The van der Waals surface area contributed by atoms with E-state index in [-0.39, 0.29) is 12.2 Å². The van der Waals surface area contributed by atoms with E-state index in [1.165, 1.54) is 10.9 Å². The molecule has 0 unspecified atom stereocenters. The number of carboxylic acid groups (broad SMARTS) is 1. The fourth-order valence-corrected chi connectivity index (χ4v) is 1.82. The average molecular weight is 260 g/mol. The van der Waals surface area contributed by atoms with E-state index in [1.54, 1.807) is 7.05 Å². The number of aryl methyl sites for hydroxylation is 3. The minimum Gasteiger partial charge on any atom is -0.487 e. The topological polar surface area (TPSA) is 64.3 Å². The second-order valence-corrected chi connectivity index (χ2v) is 4.49. The van der Waals surface area contributed by atoms with Crippen LogP contribution >= 0.6 is 0 Å². The molecular weight excluding hydrogens is 244 g/mol. The van der Waals surface area contributed by atoms with Crippen LogP contribution in [0.5, 0.6) is 5.75 Å². The van der Waals surface area contributed by atoms with Gasteiger partial charge in [-0.15, -0.1) is 0 Å². The smallest absolute Gasteiger partial charge is 0.339 e. The Balaban J connectivity index is 2.21. The van der Waals surface area contributed by atoms with E-state index in [4.69, 9.17) is 9.84 Å². The first-order chi connectivity index (χ1) is 8.99. The molecule has 0 aliphatic heterocycles. The Kier molecular flexibility index (Phi) is 3.55. The Bertz CT molecular complexity index is 617. The van der Waals surface area contributed by atoms with Crippen LogP contribution in [0, 0.1) is 13.8 Å². The van der Waals surface area contributed by atoms with Crippen molar-refractivity contribution in [2.45, 2.75) is 20.5 Å². The maximum absolute atomic E-state index is 11.1. The summed E-state index contributed by atoms with van der Waals surface area (Å²) in [6, 6.07) is 5.92. The van der Waals surface area contributed by atoms with Gasteiger partial charge in [0.1, 0.15) is 17.9 Å². The standard InChI is InChI=1S/C14H16N2O3/c1-9-4-5-10(2)13(6-9)19-8-12-11(14(17)18)7-15-16(12)3/h4-7H,8H2,1-3H3,(H,17,18). The molecule has 5 nitrogen and oxygen atoms in total. The molecule has 2 rings (SSSR count). The van der Waals surface area contributed by atoms with Gasteiger partial charge in [-0.2, -0.15) is 5.10 Å². The van der Waals surface area contributed by atoms with Gasteiger partial charge in [-0.3, -0.25) is 4.68 Å². The molecule has 100 valence electrons. The molecule has 1 aromatic heterocycles. The van der Waals surface area contributed by atoms with Crippen LogP contribution in [0.15, 0.2) is 24.4 Å². The van der Waals surface area contributed by atoms with Gasteiger partial charge in [0.05, 0.1) is 11.9 Å². The number of carboxylic acids is 1. The Labute approximate surface area is 111 Å². The number of ether oxygens (including phenoxy) is 1. The summed E-state index contributed by atoms with van der Waals surface area (Å²) < 4.78 is 7.23. The molecule has 1 N–H and O–H groups in total. The number of carbonyl (C=O) groups is 1. The summed E-state index contributed by atoms with van der Waals surface area (Å²) in [6.07, 6.45) is 1.34. The maximum Gasteiger partial charge on any atom is 0.339 e. The van der Waals surface area contributed by atoms with Crippen LogP contribution in [0.3, 0.4) is 0 Å². The average Bonchev–Trinajstić information content (AvgIpc) is 2.72. The molecule has 0 atom stereocenters. The van der Waals surface area contributed by atoms with Crippen molar-refractivity contribution < 1.29 is 14.6 Å². The molecule has 0 aliphatic carbocycles. The van der Waals surface area contributed by atoms with E-state index in [0.29, 0.717) is 5.69 Å². The van der Waals surface area contributed by atoms with Crippen LogP contribution in [0.25, 0.3) is 0 Å². The molecule has 1 heterocycles. The van der Waals surface area contributed by atoms with Gasteiger partial charge in [0.15, 0.2) is 0 Å². The number of aromatic nitrogens is 2. The van der Waals surface area contributed by atoms with Crippen molar-refractivity contribution in [3.05, 3.63) is 46.8 Å². The lowest BCUT2D eigenvalue weighted by Crippen LogP contribution is -2.09. The van der Waals surface area contributed by atoms with E-state index >= 15 is 0 Å². The summed E-state index contributed by atoms with van der Waals surface area (Å²) in [4.78, 5) is 11.1. The van der Waals surface area contributed by atoms with Crippen molar-refractivity contribution in [2.75, 3.05) is 0 Å². The maximum atomic E-state index is 11.1. The monoisotopic (exact) mass is 260 g/mol. The quantitative estimate of drug-likeness (QED) is 0.916. The number of benzene rings is 1. The van der Waals surface area contributed by atoms with E-state index in [0.717, 1.165) is 16.9 Å². The summed E-state index contributed by atoms with van der Waals surface area (Å²) in [5, 5.41) is 13.0. The predicted octanol–water partition coefficient (Wildman–Crippen LogP) is 2.31. The Morgan fingerprint density at radius 3 is 2.84 bits per heavy atom. The Morgan fingerprint density at radius 2 is 2.16 bits per heavy atom. The summed E-state index contributed by atoms with van der Waals surface area (Å²) in [5.74, 6) is -0.231. The van der Waals surface area contributed by atoms with Gasteiger partial charge in [0.2, 0.25) is 0 Å². The SMILES string of the molecule is Cc1ccc(C)c(OCc2c(C(=O)O)cnn2C)c1. The van der Waals surface area contributed by atoms with E-state index in [1.807, 2.05) is 32.0 Å². The van der Waals surface area contributed by atoms with Gasteiger partial charge < -0.3 is 9.84 Å². The fraction of sp³-hybridized carbons (Fsp3) is 0.286. The number of hydrogen-bond donors (Lipinski definition) is 1. The molecule has 1 aromatic carbocycles. The largest absolute Gasteiger partial charge is 0.487 e. The van der Waals surface area contributed by atoms with Crippen LogP contribution in [-0.4, -0.2) is 20.9 Å². The number of aromatic carboxylic acids is 1. The van der Waals surface area contributed by atoms with Gasteiger partial charge in [-0.05, 0) is 31.0 Å². The summed E-state index contributed by atoms with van der Waals surface area (Å²) in [6.45, 7) is 4.12. The van der Waals surface area contributed by atoms with E-state index in [9.17, 15) is 4.79 Å². The van der Waals surface area contributed by atoms with E-state index < -0.39 is 5.97 Å². The van der Waals surface area contributed by atoms with Crippen LogP contribution < -0.4 is 4.74 Å². The first-order valence-corrected chi connectivity index (χ1v) is 5.93. The zero-order valence-corrected chi connectivity index (χ0v) is 11.2. The molecule has 0 radical (unpaired) electrons. The van der Waals surface area contributed by atoms with Crippen molar-refractivity contribution in [3.8, 4) is 5.75 Å². The highest BCUT2D eigenvalue weighted by Crippen LogP contribution is 2.21. The normalized spacial score (nSPS) is 10.5. The van der Waals surface area contributed by atoms with Crippen molar-refractivity contribution in [1.29, 1.82) is 0 Å². The Morgan fingerprint density at radius 1 is 1.42 bits per heavy atom.